The van der Waals surface area contributed by atoms with E-state index in [2.05, 4.69) is 5.32 Å². The number of nitrogens with one attached hydrogen (secondary N) is 1. The number of ketones is 1. The first-order valence-corrected chi connectivity index (χ1v) is 8.55. The average Bonchev–Trinajstić information content (AvgIpc) is 2.78. The Balaban J connectivity index is 2.40. The Morgan fingerprint density at radius 2 is 2.15 bits per heavy atom. The molecule has 2 unspecified atom stereocenters. The van der Waals surface area contributed by atoms with Gasteiger partial charge in [-0.3, -0.25) is 14.4 Å². The molecule has 0 bridgehead atoms. The Kier molecular flexibility index (Phi) is 3.94. The number of amides is 2. The van der Waals surface area contributed by atoms with E-state index in [4.69, 9.17) is 11.0 Å². The van der Waals surface area contributed by atoms with Crippen LogP contribution in [0.4, 0.5) is 0 Å². The van der Waals surface area contributed by atoms with Crippen molar-refractivity contribution >= 4 is 17.6 Å². The van der Waals surface area contributed by atoms with Gasteiger partial charge in [0, 0.05) is 33.6 Å². The Labute approximate surface area is 172 Å². The van der Waals surface area contributed by atoms with E-state index in [1.807, 2.05) is 0 Å². The zero-order valence-corrected chi connectivity index (χ0v) is 15.8. The third kappa shape index (κ3) is 4.75. The normalized spacial score (nSPS) is 36.3. The first kappa shape index (κ1) is 12.3. The number of benzene rings is 1. The molecule has 0 fully saturated rings. The second-order valence-electron chi connectivity index (χ2n) is 6.64. The van der Waals surface area contributed by atoms with Crippen molar-refractivity contribution in [2.24, 2.45) is 11.8 Å². The number of nitrogens with zero attached hydrogens (tertiary/aromatic N) is 1. The van der Waals surface area contributed by atoms with Crippen LogP contribution in [0, 0.1) is 11.8 Å². The van der Waals surface area contributed by atoms with Crippen molar-refractivity contribution in [2.75, 3.05) is 7.05 Å². The number of hydrogen-bond donors (Lipinski definition) is 2. The molecule has 1 aromatic carbocycles. The van der Waals surface area contributed by atoms with Gasteiger partial charge in [-0.1, -0.05) is 45.0 Å². The van der Waals surface area contributed by atoms with Crippen LogP contribution in [-0.4, -0.2) is 46.8 Å². The minimum atomic E-state index is -2.97. The Morgan fingerprint density at radius 3 is 2.81 bits per heavy atom. The molecule has 0 spiro atoms. The van der Waals surface area contributed by atoms with Crippen molar-refractivity contribution in [3.05, 3.63) is 35.4 Å². The van der Waals surface area contributed by atoms with E-state index in [1.54, 1.807) is 0 Å². The number of carbonyl (C=O) groups excluding carboxylic acids is 3. The quantitative estimate of drug-likeness (QED) is 0.786. The summed E-state index contributed by atoms with van der Waals surface area (Å²) in [5, 5.41) is 12.4. The number of aliphatic hydroxyl groups is 1. The molecule has 0 aliphatic carbocycles. The summed E-state index contributed by atoms with van der Waals surface area (Å²) in [5.74, 6) is -6.86. The molecule has 1 aliphatic heterocycles. The molecule has 1 heterocycles. The zero-order valence-electron chi connectivity index (χ0n) is 23.8. The van der Waals surface area contributed by atoms with Gasteiger partial charge in [-0.15, -0.1) is 0 Å². The summed E-state index contributed by atoms with van der Waals surface area (Å²) in [6, 6.07) is 0.903. The van der Waals surface area contributed by atoms with Crippen LogP contribution >= 0.6 is 0 Å². The van der Waals surface area contributed by atoms with Crippen molar-refractivity contribution in [1.29, 1.82) is 0 Å². The maximum atomic E-state index is 13.3. The van der Waals surface area contributed by atoms with Crippen molar-refractivity contribution in [1.82, 2.24) is 10.2 Å². The minimum Gasteiger partial charge on any atom is -0.385 e. The Morgan fingerprint density at radius 1 is 1.48 bits per heavy atom. The lowest BCUT2D eigenvalue weighted by atomic mass is 9.94. The van der Waals surface area contributed by atoms with Gasteiger partial charge in [0.05, 0.1) is 2.74 Å². The molecule has 2 rings (SSSR count). The smallest absolute Gasteiger partial charge is 0.249 e. The third-order valence-corrected chi connectivity index (χ3v) is 4.45. The molecule has 148 valence electrons. The summed E-state index contributed by atoms with van der Waals surface area (Å²) in [6.45, 7) is 0.363. The molecule has 6 heteroatoms. The molecule has 0 saturated carbocycles. The van der Waals surface area contributed by atoms with Crippen molar-refractivity contribution in [3.63, 3.8) is 0 Å². The molecule has 6 nitrogen and oxygen atoms in total. The first-order chi connectivity index (χ1) is 15.6. The van der Waals surface area contributed by atoms with Crippen LogP contribution < -0.4 is 5.32 Å². The minimum absolute atomic E-state index is 0.132. The number of hydrogen-bond acceptors (Lipinski definition) is 4. The Bertz CT molecular complexity index is 1030. The number of likely N-dealkylation sites (N-methyl/N-ethyl adjacent to an activating group) is 1. The lowest BCUT2D eigenvalue weighted by molar-refractivity contribution is -0.138. The van der Waals surface area contributed by atoms with E-state index in [1.165, 1.54) is 38.1 Å². The van der Waals surface area contributed by atoms with Crippen molar-refractivity contribution in [3.8, 4) is 0 Å². The number of carbonyl (C=O) groups is 3. The molecule has 0 radical (unpaired) electrons. The van der Waals surface area contributed by atoms with Gasteiger partial charge in [0.2, 0.25) is 11.8 Å². The summed E-state index contributed by atoms with van der Waals surface area (Å²) in [5.41, 5.74) is -0.307. The second-order valence-corrected chi connectivity index (χ2v) is 6.64. The topological polar surface area (TPSA) is 86.7 Å². The second kappa shape index (κ2) is 8.65. The van der Waals surface area contributed by atoms with E-state index in [-0.39, 0.29) is 11.1 Å². The summed E-state index contributed by atoms with van der Waals surface area (Å²) in [6.07, 6.45) is -5.30. The molecule has 0 saturated heterocycles. The fourth-order valence-electron chi connectivity index (χ4n) is 2.64. The van der Waals surface area contributed by atoms with E-state index in [0.29, 0.717) is 0 Å². The molecule has 2 amide bonds. The summed E-state index contributed by atoms with van der Waals surface area (Å²) in [4.78, 5) is 39.5. The largest absolute Gasteiger partial charge is 0.385 e. The summed E-state index contributed by atoms with van der Waals surface area (Å²) < 4.78 is 64.4. The molecule has 2 N–H and O–H groups in total. The van der Waals surface area contributed by atoms with E-state index < -0.39 is 67.2 Å². The lowest BCUT2D eigenvalue weighted by Gasteiger charge is -2.26. The summed E-state index contributed by atoms with van der Waals surface area (Å²) in [7, 11) is 1.15. The van der Waals surface area contributed by atoms with Gasteiger partial charge >= 0.3 is 0 Å². The van der Waals surface area contributed by atoms with Crippen molar-refractivity contribution in [2.45, 2.75) is 58.6 Å². The number of aliphatic hydroxyl groups excluding tert-OH is 1. The zero-order chi connectivity index (χ0) is 27.4. The lowest BCUT2D eigenvalue weighted by Crippen LogP contribution is -2.44. The maximum absolute atomic E-state index is 13.3. The van der Waals surface area contributed by atoms with E-state index in [0.717, 1.165) is 18.9 Å². The number of fused-ring (bicyclic) bond motifs is 1. The molecule has 0 aromatic heterocycles. The Hall–Kier alpha value is -2.21. The maximum Gasteiger partial charge on any atom is 0.249 e. The molecule has 27 heavy (non-hydrogen) atoms. The van der Waals surface area contributed by atoms with Gasteiger partial charge in [0.15, 0.2) is 5.78 Å². The van der Waals surface area contributed by atoms with Gasteiger partial charge in [-0.25, -0.2) is 0 Å². The number of Topliss-reactive ketones (excluding diaryl/α,β-unsaturated/α-hetero) is 1. The van der Waals surface area contributed by atoms with Crippen LogP contribution in [0.3, 0.4) is 0 Å². The standard InChI is InChI=1S/C21H30N2O4/c1-12(2)19(25)17(24)10-13(3)20(26)22-18-16-9-7-6-8-15(16)11-14(4)23(5)21(18)27/h6-9,12-14,18-19,25H,10-11H2,1-5H3,(H,22,26)/t13-,14?,18+,19+/m1/s1/i1D3,11D2,12D,14D,18D/t12?,13-,14?,18+,19+. The van der Waals surface area contributed by atoms with E-state index >= 15 is 0 Å². The van der Waals surface area contributed by atoms with Crippen LogP contribution in [0.5, 0.6) is 0 Å². The van der Waals surface area contributed by atoms with Crippen LogP contribution in [0.1, 0.15) is 62.2 Å². The fraction of sp³-hybridized carbons (Fsp3) is 0.571. The van der Waals surface area contributed by atoms with Gasteiger partial charge in [-0.05, 0) is 30.3 Å². The van der Waals surface area contributed by atoms with Crippen LogP contribution in [0.2, 0.25) is 0 Å². The van der Waals surface area contributed by atoms with E-state index in [9.17, 15) is 19.5 Å². The highest BCUT2D eigenvalue weighted by atomic mass is 16.3. The molecule has 5 atom stereocenters. The fourth-order valence-corrected chi connectivity index (χ4v) is 2.64. The van der Waals surface area contributed by atoms with Gasteiger partial charge in [0.25, 0.3) is 0 Å². The predicted molar refractivity (Wildman–Crippen MR) is 103 cm³/mol. The molecule has 1 aliphatic rings. The van der Waals surface area contributed by atoms with Gasteiger partial charge < -0.3 is 15.3 Å². The number of rotatable bonds is 6. The van der Waals surface area contributed by atoms with Crippen LogP contribution in [0.15, 0.2) is 24.3 Å². The molecule has 1 aromatic rings. The van der Waals surface area contributed by atoms with Crippen molar-refractivity contribution < 1.29 is 30.5 Å². The van der Waals surface area contributed by atoms with Gasteiger partial charge in [0.1, 0.15) is 12.1 Å². The predicted octanol–water partition coefficient (Wildman–Crippen LogP) is 1.86. The molecular weight excluding hydrogens is 344 g/mol. The SMILES string of the molecule is [2H]C([2H])([2H])C([2H])(C)[C@H](O)C(=O)C[C@@H](C)C(=O)N[C@]1([2H])C(=O)N(C)C([2H])(C)C([2H])([2H])c2ccccc21. The third-order valence-electron chi connectivity index (χ3n) is 4.45. The first-order valence-electron chi connectivity index (χ1n) is 12.5. The highest BCUT2D eigenvalue weighted by molar-refractivity contribution is 5.93. The monoisotopic (exact) mass is 382 g/mol. The van der Waals surface area contributed by atoms with Crippen LogP contribution in [0.25, 0.3) is 0 Å². The highest BCUT2D eigenvalue weighted by Gasteiger charge is 2.34. The average molecular weight is 383 g/mol. The summed E-state index contributed by atoms with van der Waals surface area (Å²) >= 11 is 0. The van der Waals surface area contributed by atoms with Gasteiger partial charge in [-0.2, -0.15) is 0 Å². The highest BCUT2D eigenvalue weighted by Crippen LogP contribution is 2.27. The van der Waals surface area contributed by atoms with Crippen LogP contribution in [-0.2, 0) is 20.8 Å². The molecular formula is C21H30N2O4.